The third-order valence-corrected chi connectivity index (χ3v) is 5.39. The second-order valence-corrected chi connectivity index (χ2v) is 8.25. The molecule has 0 radical (unpaired) electrons. The van der Waals surface area contributed by atoms with E-state index in [1.807, 2.05) is 26.8 Å². The molecule has 2 rings (SSSR count). The molecule has 0 spiro atoms. The maximum Gasteiger partial charge on any atom is 0.258 e. The summed E-state index contributed by atoms with van der Waals surface area (Å²) >= 11 is 0. The normalized spacial score (nSPS) is 11.5. The Morgan fingerprint density at radius 1 is 1.21 bits per heavy atom. The number of benzene rings is 1. The second-order valence-electron chi connectivity index (χ2n) is 6.17. The molecule has 0 aliphatic rings. The molecule has 1 aromatic carbocycles. The zero-order valence-electron chi connectivity index (χ0n) is 14.1. The molecule has 128 valence electrons. The first-order valence-corrected chi connectivity index (χ1v) is 9.50. The summed E-state index contributed by atoms with van der Waals surface area (Å²) in [5.41, 5.74) is 1.10. The van der Waals surface area contributed by atoms with E-state index in [0.29, 0.717) is 12.2 Å². The molecular weight excluding hydrogens is 324 g/mol. The smallest absolute Gasteiger partial charge is 0.258 e. The summed E-state index contributed by atoms with van der Waals surface area (Å²) in [5, 5.41) is 2.66. The number of nitrogens with zero attached hydrogens (tertiary/aromatic N) is 1. The van der Waals surface area contributed by atoms with Crippen molar-refractivity contribution in [2.24, 2.45) is 5.92 Å². The number of nitrogens with one attached hydrogen (secondary N) is 1. The third kappa shape index (κ3) is 4.64. The second kappa shape index (κ2) is 7.57. The highest BCUT2D eigenvalue weighted by atomic mass is 32.2. The Bertz CT molecular complexity index is 830. The largest absolute Gasteiger partial charge is 0.307 e. The standard InChI is InChI=1S/C18H22N2O3S/c1-13(2)9-11-24(22,23)16-7-5-4-6-15(16)18(21)20-17-12-14(3)8-10-19-17/h4-8,10,12-13H,9,11H2,1-3H3,(H,19,20,21). The molecule has 5 nitrogen and oxygen atoms in total. The molecular formula is C18H22N2O3S. The molecule has 1 aromatic heterocycles. The van der Waals surface area contributed by atoms with Gasteiger partial charge in [-0.1, -0.05) is 26.0 Å². The van der Waals surface area contributed by atoms with Gasteiger partial charge in [0, 0.05) is 6.20 Å². The molecule has 24 heavy (non-hydrogen) atoms. The predicted molar refractivity (Wildman–Crippen MR) is 94.9 cm³/mol. The Morgan fingerprint density at radius 2 is 1.92 bits per heavy atom. The van der Waals surface area contributed by atoms with Crippen LogP contribution in [0.3, 0.4) is 0 Å². The highest BCUT2D eigenvalue weighted by Crippen LogP contribution is 2.20. The van der Waals surface area contributed by atoms with Crippen LogP contribution in [0.2, 0.25) is 0 Å². The van der Waals surface area contributed by atoms with E-state index in [-0.39, 0.29) is 22.1 Å². The van der Waals surface area contributed by atoms with Crippen molar-refractivity contribution in [3.05, 3.63) is 53.7 Å². The maximum absolute atomic E-state index is 12.6. The van der Waals surface area contributed by atoms with Gasteiger partial charge in [0.25, 0.3) is 5.91 Å². The van der Waals surface area contributed by atoms with Crippen LogP contribution in [0, 0.1) is 12.8 Å². The van der Waals surface area contributed by atoms with Crippen molar-refractivity contribution in [2.45, 2.75) is 32.1 Å². The maximum atomic E-state index is 12.6. The number of hydrogen-bond donors (Lipinski definition) is 1. The van der Waals surface area contributed by atoms with Crippen molar-refractivity contribution in [1.29, 1.82) is 0 Å². The third-order valence-electron chi connectivity index (χ3n) is 3.59. The molecule has 0 saturated carbocycles. The highest BCUT2D eigenvalue weighted by molar-refractivity contribution is 7.91. The van der Waals surface area contributed by atoms with Crippen molar-refractivity contribution >= 4 is 21.6 Å². The number of pyridine rings is 1. The van der Waals surface area contributed by atoms with Gasteiger partial charge in [0.1, 0.15) is 5.82 Å². The first-order chi connectivity index (χ1) is 11.3. The first-order valence-electron chi connectivity index (χ1n) is 7.85. The number of amides is 1. The molecule has 0 aliphatic heterocycles. The van der Waals surface area contributed by atoms with Gasteiger partial charge in [-0.2, -0.15) is 0 Å². The van der Waals surface area contributed by atoms with Gasteiger partial charge in [-0.15, -0.1) is 0 Å². The monoisotopic (exact) mass is 346 g/mol. The zero-order valence-corrected chi connectivity index (χ0v) is 14.9. The van der Waals surface area contributed by atoms with Gasteiger partial charge in [0.05, 0.1) is 16.2 Å². The first kappa shape index (κ1) is 18.1. The quantitative estimate of drug-likeness (QED) is 0.869. The van der Waals surface area contributed by atoms with Gasteiger partial charge in [0.15, 0.2) is 9.84 Å². The van der Waals surface area contributed by atoms with Crippen LogP contribution >= 0.6 is 0 Å². The fourth-order valence-electron chi connectivity index (χ4n) is 2.21. The number of sulfone groups is 1. The lowest BCUT2D eigenvalue weighted by Gasteiger charge is -2.11. The number of carbonyl (C=O) groups excluding carboxylic acids is 1. The summed E-state index contributed by atoms with van der Waals surface area (Å²) < 4.78 is 25.1. The molecule has 1 amide bonds. The highest BCUT2D eigenvalue weighted by Gasteiger charge is 2.22. The van der Waals surface area contributed by atoms with E-state index in [9.17, 15) is 13.2 Å². The Balaban J connectivity index is 2.29. The lowest BCUT2D eigenvalue weighted by atomic mass is 10.2. The molecule has 0 aliphatic carbocycles. The van der Waals surface area contributed by atoms with E-state index in [0.717, 1.165) is 5.56 Å². The van der Waals surface area contributed by atoms with Gasteiger partial charge in [-0.25, -0.2) is 13.4 Å². The molecule has 1 heterocycles. The summed E-state index contributed by atoms with van der Waals surface area (Å²) in [4.78, 5) is 16.7. The van der Waals surface area contributed by atoms with Gasteiger partial charge in [0.2, 0.25) is 0 Å². The van der Waals surface area contributed by atoms with Crippen molar-refractivity contribution in [2.75, 3.05) is 11.1 Å². The fraction of sp³-hybridized carbons (Fsp3) is 0.333. The lowest BCUT2D eigenvalue weighted by Crippen LogP contribution is -2.19. The average molecular weight is 346 g/mol. The fourth-order valence-corrected chi connectivity index (χ4v) is 4.00. The molecule has 0 unspecified atom stereocenters. The molecule has 6 heteroatoms. The lowest BCUT2D eigenvalue weighted by molar-refractivity contribution is 0.102. The van der Waals surface area contributed by atoms with Crippen molar-refractivity contribution in [3.8, 4) is 0 Å². The minimum Gasteiger partial charge on any atom is -0.307 e. The summed E-state index contributed by atoms with van der Waals surface area (Å²) in [6, 6.07) is 9.83. The predicted octanol–water partition coefficient (Wildman–Crippen LogP) is 3.46. The molecule has 0 fully saturated rings. The Morgan fingerprint density at radius 3 is 2.58 bits per heavy atom. The van der Waals surface area contributed by atoms with Crippen LogP contribution in [0.15, 0.2) is 47.5 Å². The number of anilines is 1. The van der Waals surface area contributed by atoms with Crippen LogP contribution in [-0.2, 0) is 9.84 Å². The van der Waals surface area contributed by atoms with Crippen LogP contribution < -0.4 is 5.32 Å². The van der Waals surface area contributed by atoms with E-state index < -0.39 is 15.7 Å². The van der Waals surface area contributed by atoms with Crippen LogP contribution in [-0.4, -0.2) is 25.1 Å². The number of carbonyl (C=O) groups is 1. The van der Waals surface area contributed by atoms with Crippen molar-refractivity contribution in [3.63, 3.8) is 0 Å². The number of aromatic nitrogens is 1. The van der Waals surface area contributed by atoms with E-state index in [2.05, 4.69) is 10.3 Å². The topological polar surface area (TPSA) is 76.1 Å². The van der Waals surface area contributed by atoms with Gasteiger partial charge in [-0.05, 0) is 49.1 Å². The van der Waals surface area contributed by atoms with Gasteiger partial charge in [-0.3, -0.25) is 4.79 Å². The Hall–Kier alpha value is -2.21. The summed E-state index contributed by atoms with van der Waals surface area (Å²) in [5.74, 6) is 0.223. The van der Waals surface area contributed by atoms with E-state index in [1.165, 1.54) is 12.1 Å². The van der Waals surface area contributed by atoms with E-state index in [4.69, 9.17) is 0 Å². The molecule has 0 atom stereocenters. The van der Waals surface area contributed by atoms with Crippen LogP contribution in [0.5, 0.6) is 0 Å². The summed E-state index contributed by atoms with van der Waals surface area (Å²) in [7, 11) is -3.51. The Kier molecular flexibility index (Phi) is 5.72. The van der Waals surface area contributed by atoms with Gasteiger partial charge >= 0.3 is 0 Å². The van der Waals surface area contributed by atoms with Crippen LogP contribution in [0.4, 0.5) is 5.82 Å². The molecule has 0 saturated heterocycles. The van der Waals surface area contributed by atoms with E-state index in [1.54, 1.807) is 24.4 Å². The number of hydrogen-bond acceptors (Lipinski definition) is 4. The SMILES string of the molecule is Cc1ccnc(NC(=O)c2ccccc2S(=O)(=O)CCC(C)C)c1. The molecule has 1 N–H and O–H groups in total. The zero-order chi connectivity index (χ0) is 17.7. The average Bonchev–Trinajstić information content (AvgIpc) is 2.53. The number of aryl methyl sites for hydroxylation is 1. The molecule has 0 bridgehead atoms. The van der Waals surface area contributed by atoms with E-state index >= 15 is 0 Å². The van der Waals surface area contributed by atoms with Crippen molar-refractivity contribution in [1.82, 2.24) is 4.98 Å². The summed E-state index contributed by atoms with van der Waals surface area (Å²) in [6.45, 7) is 5.83. The minimum absolute atomic E-state index is 0.0255. The van der Waals surface area contributed by atoms with Crippen molar-refractivity contribution < 1.29 is 13.2 Å². The number of rotatable bonds is 6. The Labute approximate surface area is 143 Å². The minimum atomic E-state index is -3.51. The molecule has 2 aromatic rings. The van der Waals surface area contributed by atoms with Gasteiger partial charge < -0.3 is 5.32 Å². The van der Waals surface area contributed by atoms with Crippen LogP contribution in [0.25, 0.3) is 0 Å². The van der Waals surface area contributed by atoms with Crippen LogP contribution in [0.1, 0.15) is 36.2 Å². The summed E-state index contributed by atoms with van der Waals surface area (Å²) in [6.07, 6.45) is 2.15.